The number of aryl methyl sites for hydroxylation is 2. The third kappa shape index (κ3) is 18.2. The van der Waals surface area contributed by atoms with Gasteiger partial charge in [0.25, 0.3) is 0 Å². The summed E-state index contributed by atoms with van der Waals surface area (Å²) in [4.78, 5) is 43.4. The SMILES string of the molecule is CC.CC.Cc1cccc([C-]=O)c1.Cc1ccccc1[C-]=O.O=C(O)c1cccc(Sc2ccccc2C(=O)O)c1.[Y].[Y]. The van der Waals surface area contributed by atoms with Gasteiger partial charge in [0.2, 0.25) is 0 Å². The molecule has 9 heteroatoms. The van der Waals surface area contributed by atoms with E-state index in [1.54, 1.807) is 48.5 Å². The molecular weight excluding hydrogens is 714 g/mol. The average Bonchev–Trinajstić information content (AvgIpc) is 3.00. The number of carboxylic acid groups (broad SMARTS) is 2. The fraction of sp³-hybridized carbons (Fsp3) is 0.176. The van der Waals surface area contributed by atoms with Crippen molar-refractivity contribution < 1.29 is 94.8 Å². The first kappa shape index (κ1) is 45.2. The van der Waals surface area contributed by atoms with Gasteiger partial charge in [0.1, 0.15) is 0 Å². The molecule has 0 aliphatic heterocycles. The molecular formula is C34H36O6SY2-2. The summed E-state index contributed by atoms with van der Waals surface area (Å²) in [7, 11) is 0. The molecule has 0 heterocycles. The van der Waals surface area contributed by atoms with Gasteiger partial charge in [-0.15, -0.1) is 34.9 Å². The summed E-state index contributed by atoms with van der Waals surface area (Å²) >= 11 is 1.23. The Labute approximate surface area is 309 Å². The minimum absolute atomic E-state index is 0. The van der Waals surface area contributed by atoms with E-state index < -0.39 is 11.9 Å². The Kier molecular flexibility index (Phi) is 28.6. The van der Waals surface area contributed by atoms with Crippen molar-refractivity contribution in [2.24, 2.45) is 0 Å². The quantitative estimate of drug-likeness (QED) is 0.192. The molecule has 0 spiro atoms. The van der Waals surface area contributed by atoms with Gasteiger partial charge < -0.3 is 19.8 Å². The number of benzene rings is 4. The van der Waals surface area contributed by atoms with Crippen LogP contribution >= 0.6 is 11.8 Å². The number of rotatable bonds is 6. The molecule has 4 aromatic rings. The summed E-state index contributed by atoms with van der Waals surface area (Å²) in [6.45, 7) is 11.8. The first-order chi connectivity index (χ1) is 19.7. The Morgan fingerprint density at radius 2 is 1.23 bits per heavy atom. The molecule has 0 amide bonds. The van der Waals surface area contributed by atoms with Crippen LogP contribution in [0.2, 0.25) is 0 Å². The zero-order chi connectivity index (χ0) is 31.2. The van der Waals surface area contributed by atoms with Gasteiger partial charge in [0.05, 0.1) is 23.7 Å². The van der Waals surface area contributed by atoms with E-state index in [0.717, 1.165) is 11.1 Å². The molecule has 0 atom stereocenters. The Balaban J connectivity index is -0.000000565. The molecule has 0 fully saturated rings. The maximum Gasteiger partial charge on any atom is 0.336 e. The largest absolute Gasteiger partial charge is 0.478 e. The predicted octanol–water partition coefficient (Wildman–Crippen LogP) is 8.19. The second kappa shape index (κ2) is 27.3. The van der Waals surface area contributed by atoms with Crippen LogP contribution in [0.25, 0.3) is 0 Å². The molecule has 43 heavy (non-hydrogen) atoms. The zero-order valence-electron chi connectivity index (χ0n) is 25.3. The fourth-order valence-corrected chi connectivity index (χ4v) is 3.95. The van der Waals surface area contributed by atoms with Crippen molar-refractivity contribution in [2.45, 2.75) is 51.3 Å². The van der Waals surface area contributed by atoms with E-state index in [2.05, 4.69) is 0 Å². The fourth-order valence-electron chi connectivity index (χ4n) is 2.95. The first-order valence-electron chi connectivity index (χ1n) is 13.0. The molecule has 4 rings (SSSR count). The summed E-state index contributed by atoms with van der Waals surface area (Å²) in [5.41, 5.74) is 3.72. The van der Waals surface area contributed by atoms with E-state index in [0.29, 0.717) is 20.9 Å². The summed E-state index contributed by atoms with van der Waals surface area (Å²) in [5, 5.41) is 18.0. The third-order valence-corrected chi connectivity index (χ3v) is 5.88. The molecule has 4 aromatic carbocycles. The minimum Gasteiger partial charge on any atom is -0.478 e. The Morgan fingerprint density at radius 3 is 1.72 bits per heavy atom. The normalized spacial score (nSPS) is 8.51. The van der Waals surface area contributed by atoms with Crippen LogP contribution in [0.3, 0.4) is 0 Å². The molecule has 0 saturated carbocycles. The van der Waals surface area contributed by atoms with Crippen LogP contribution < -0.4 is 0 Å². The molecule has 0 bridgehead atoms. The van der Waals surface area contributed by atoms with Gasteiger partial charge in [0.15, 0.2) is 0 Å². The van der Waals surface area contributed by atoms with Crippen molar-refractivity contribution in [1.82, 2.24) is 0 Å². The van der Waals surface area contributed by atoms with Crippen LogP contribution in [0, 0.1) is 13.8 Å². The molecule has 6 nitrogen and oxygen atoms in total. The molecule has 0 aliphatic rings. The van der Waals surface area contributed by atoms with Crippen molar-refractivity contribution in [2.75, 3.05) is 0 Å². The van der Waals surface area contributed by atoms with Crippen LogP contribution in [0.5, 0.6) is 0 Å². The number of carbonyl (C=O) groups excluding carboxylic acids is 2. The number of hydrogen-bond donors (Lipinski definition) is 2. The molecule has 0 aromatic heterocycles. The van der Waals surface area contributed by atoms with Gasteiger partial charge in [0, 0.05) is 75.2 Å². The second-order valence-corrected chi connectivity index (χ2v) is 8.74. The van der Waals surface area contributed by atoms with Crippen molar-refractivity contribution >= 4 is 36.3 Å². The maximum absolute atomic E-state index is 11.1. The second-order valence-electron chi connectivity index (χ2n) is 7.62. The van der Waals surface area contributed by atoms with Gasteiger partial charge in [-0.25, -0.2) is 9.59 Å². The predicted molar refractivity (Wildman–Crippen MR) is 166 cm³/mol. The van der Waals surface area contributed by atoms with Gasteiger partial charge in [-0.05, 0) is 30.3 Å². The molecule has 0 unspecified atom stereocenters. The molecule has 2 radical (unpaired) electrons. The van der Waals surface area contributed by atoms with Crippen molar-refractivity contribution in [3.8, 4) is 0 Å². The summed E-state index contributed by atoms with van der Waals surface area (Å²) in [6, 6.07) is 27.7. The monoisotopic (exact) mass is 750 g/mol. The molecule has 0 saturated heterocycles. The number of carbonyl (C=O) groups is 2. The van der Waals surface area contributed by atoms with Crippen LogP contribution in [0.15, 0.2) is 107 Å². The van der Waals surface area contributed by atoms with Crippen LogP contribution in [-0.4, -0.2) is 34.7 Å². The molecule has 222 valence electrons. The van der Waals surface area contributed by atoms with Crippen molar-refractivity contribution in [3.63, 3.8) is 0 Å². The number of carboxylic acids is 2. The van der Waals surface area contributed by atoms with Crippen molar-refractivity contribution in [1.29, 1.82) is 0 Å². The van der Waals surface area contributed by atoms with E-state index in [1.807, 2.05) is 84.4 Å². The van der Waals surface area contributed by atoms with Crippen LogP contribution in [0.4, 0.5) is 0 Å². The van der Waals surface area contributed by atoms with Crippen LogP contribution in [0.1, 0.15) is 70.7 Å². The van der Waals surface area contributed by atoms with E-state index in [1.165, 1.54) is 30.0 Å². The standard InChI is InChI=1S/C14H10O4S.2C8H7O.2C2H6.2Y/c15-13(16)9-4-3-5-10(8-9)19-12-7-2-1-6-11(12)14(17)18;1-7-3-2-4-8(5-7)6-9;1-7-4-2-3-5-8(7)6-9;2*1-2;;/h1-8H,(H,15,16)(H,17,18);2*2-5H,1H3;2*1-2H3;;/q;2*-1;;;;. The molecule has 2 N–H and O–H groups in total. The number of hydrogen-bond acceptors (Lipinski definition) is 5. The number of aromatic carboxylic acids is 2. The smallest absolute Gasteiger partial charge is 0.336 e. The summed E-state index contributed by atoms with van der Waals surface area (Å²) in [5.74, 6) is -2.01. The molecule has 0 aliphatic carbocycles. The van der Waals surface area contributed by atoms with Gasteiger partial charge >= 0.3 is 11.9 Å². The van der Waals surface area contributed by atoms with E-state index >= 15 is 0 Å². The van der Waals surface area contributed by atoms with Gasteiger partial charge in [-0.2, -0.15) is 23.8 Å². The summed E-state index contributed by atoms with van der Waals surface area (Å²) < 4.78 is 0. The minimum atomic E-state index is -1.01. The zero-order valence-corrected chi connectivity index (χ0v) is 31.8. The van der Waals surface area contributed by atoms with Gasteiger partial charge in [-0.1, -0.05) is 83.6 Å². The van der Waals surface area contributed by atoms with E-state index in [9.17, 15) is 19.2 Å². The maximum atomic E-state index is 11.1. The third-order valence-electron chi connectivity index (χ3n) is 4.82. The Morgan fingerprint density at radius 1 is 0.651 bits per heavy atom. The average molecular weight is 751 g/mol. The summed E-state index contributed by atoms with van der Waals surface area (Å²) in [6.07, 6.45) is 3.66. The van der Waals surface area contributed by atoms with Crippen molar-refractivity contribution in [3.05, 3.63) is 130 Å². The van der Waals surface area contributed by atoms with E-state index in [4.69, 9.17) is 10.2 Å². The van der Waals surface area contributed by atoms with Crippen LogP contribution in [-0.2, 0) is 75.0 Å². The van der Waals surface area contributed by atoms with Gasteiger partial charge in [-0.3, -0.25) is 0 Å². The Bertz CT molecular complexity index is 1390. The Hall–Kier alpha value is -2.28. The first-order valence-corrected chi connectivity index (χ1v) is 13.8. The topological polar surface area (TPSA) is 109 Å². The van der Waals surface area contributed by atoms with E-state index in [-0.39, 0.29) is 76.5 Å².